The van der Waals surface area contributed by atoms with Gasteiger partial charge in [0.1, 0.15) is 0 Å². The number of nitrogens with zero attached hydrogens (tertiary/aromatic N) is 2. The first-order chi connectivity index (χ1) is 8.18. The van der Waals surface area contributed by atoms with E-state index in [4.69, 9.17) is 0 Å². The lowest BCUT2D eigenvalue weighted by Crippen LogP contribution is -2.34. The zero-order chi connectivity index (χ0) is 12.3. The minimum atomic E-state index is 0.966. The molecule has 0 atom stereocenters. The number of nitrogens with one attached hydrogen (secondary N) is 1. The van der Waals surface area contributed by atoms with Crippen LogP contribution in [0.1, 0.15) is 5.56 Å². The van der Waals surface area contributed by atoms with E-state index >= 15 is 0 Å². The van der Waals surface area contributed by atoms with E-state index in [0.29, 0.717) is 0 Å². The zero-order valence-electron chi connectivity index (χ0n) is 10.5. The summed E-state index contributed by atoms with van der Waals surface area (Å²) in [6, 6.07) is 6.45. The number of hydrogen-bond donors (Lipinski definition) is 1. The summed E-state index contributed by atoms with van der Waals surface area (Å²) in [6.07, 6.45) is 0. The Morgan fingerprint density at radius 2 is 2.24 bits per heavy atom. The lowest BCUT2D eigenvalue weighted by Gasteiger charge is -2.27. The topological polar surface area (TPSA) is 18.5 Å². The summed E-state index contributed by atoms with van der Waals surface area (Å²) in [5.74, 6) is 0. The molecule has 0 saturated carbocycles. The monoisotopic (exact) mass is 297 g/mol. The van der Waals surface area contributed by atoms with Gasteiger partial charge in [0, 0.05) is 37.2 Å². The molecule has 0 saturated heterocycles. The van der Waals surface area contributed by atoms with Gasteiger partial charge in [-0.05, 0) is 41.7 Å². The molecule has 0 amide bonds. The van der Waals surface area contributed by atoms with Crippen LogP contribution in [-0.4, -0.2) is 45.2 Å². The van der Waals surface area contributed by atoms with Crippen molar-refractivity contribution in [1.82, 2.24) is 10.2 Å². The van der Waals surface area contributed by atoms with E-state index in [2.05, 4.69) is 63.3 Å². The molecule has 0 fully saturated rings. The van der Waals surface area contributed by atoms with Gasteiger partial charge in [-0.3, -0.25) is 0 Å². The summed E-state index contributed by atoms with van der Waals surface area (Å²) >= 11 is 3.68. The van der Waals surface area contributed by atoms with Crippen molar-refractivity contribution >= 4 is 21.6 Å². The predicted molar refractivity (Wildman–Crippen MR) is 76.6 cm³/mol. The number of likely N-dealkylation sites (N-methyl/N-ethyl adjacent to an activating group) is 1. The van der Waals surface area contributed by atoms with Crippen LogP contribution in [0.5, 0.6) is 0 Å². The summed E-state index contributed by atoms with van der Waals surface area (Å²) in [5, 5.41) is 3.47. The molecule has 0 radical (unpaired) electrons. The summed E-state index contributed by atoms with van der Waals surface area (Å²) in [4.78, 5) is 4.70. The van der Waals surface area contributed by atoms with Gasteiger partial charge in [-0.2, -0.15) is 0 Å². The van der Waals surface area contributed by atoms with Gasteiger partial charge >= 0.3 is 0 Å². The molecule has 94 valence electrons. The molecule has 0 spiro atoms. The van der Waals surface area contributed by atoms with E-state index in [1.165, 1.54) is 15.7 Å². The van der Waals surface area contributed by atoms with Gasteiger partial charge in [-0.1, -0.05) is 12.1 Å². The number of para-hydroxylation sites is 1. The molecule has 1 aromatic rings. The van der Waals surface area contributed by atoms with Crippen LogP contribution in [-0.2, 0) is 6.54 Å². The quantitative estimate of drug-likeness (QED) is 0.920. The molecule has 0 bridgehead atoms. The number of rotatable bonds is 3. The Balaban J connectivity index is 2.23. The van der Waals surface area contributed by atoms with Crippen molar-refractivity contribution in [2.24, 2.45) is 0 Å². The Morgan fingerprint density at radius 3 is 3.00 bits per heavy atom. The van der Waals surface area contributed by atoms with Crippen molar-refractivity contribution in [3.8, 4) is 0 Å². The Morgan fingerprint density at radius 1 is 1.41 bits per heavy atom. The third-order valence-electron chi connectivity index (χ3n) is 3.08. The molecule has 0 aromatic heterocycles. The number of anilines is 1. The van der Waals surface area contributed by atoms with Crippen LogP contribution < -0.4 is 10.2 Å². The highest BCUT2D eigenvalue weighted by molar-refractivity contribution is 9.10. The van der Waals surface area contributed by atoms with Crippen molar-refractivity contribution < 1.29 is 0 Å². The molecule has 1 aliphatic heterocycles. The molecular weight excluding hydrogens is 278 g/mol. The van der Waals surface area contributed by atoms with E-state index in [0.717, 1.165) is 32.7 Å². The van der Waals surface area contributed by atoms with Gasteiger partial charge in [0.2, 0.25) is 0 Å². The van der Waals surface area contributed by atoms with Gasteiger partial charge in [-0.25, -0.2) is 0 Å². The van der Waals surface area contributed by atoms with Crippen molar-refractivity contribution in [2.45, 2.75) is 6.54 Å². The maximum atomic E-state index is 3.68. The largest absolute Gasteiger partial charge is 0.368 e. The third kappa shape index (κ3) is 3.21. The Kier molecular flexibility index (Phi) is 4.42. The second kappa shape index (κ2) is 5.85. The molecule has 1 aromatic carbocycles. The minimum absolute atomic E-state index is 0.966. The van der Waals surface area contributed by atoms with Crippen LogP contribution in [0.25, 0.3) is 0 Å². The maximum Gasteiger partial charge on any atom is 0.0557 e. The van der Waals surface area contributed by atoms with Gasteiger partial charge < -0.3 is 15.1 Å². The maximum absolute atomic E-state index is 3.68. The van der Waals surface area contributed by atoms with Gasteiger partial charge in [-0.15, -0.1) is 0 Å². The minimum Gasteiger partial charge on any atom is -0.368 e. The van der Waals surface area contributed by atoms with Gasteiger partial charge in [0.25, 0.3) is 0 Å². The highest BCUT2D eigenvalue weighted by Crippen LogP contribution is 2.31. The lowest BCUT2D eigenvalue weighted by molar-refractivity contribution is 0.413. The standard InChI is InChI=1S/C13H20BrN3/c1-16(2)8-9-17-7-6-15-10-11-4-3-5-12(14)13(11)17/h3-5,15H,6-10H2,1-2H3. The molecule has 3 nitrogen and oxygen atoms in total. The van der Waals surface area contributed by atoms with Crippen molar-refractivity contribution in [3.63, 3.8) is 0 Å². The smallest absolute Gasteiger partial charge is 0.0557 e. The third-order valence-corrected chi connectivity index (χ3v) is 3.72. The molecular formula is C13H20BrN3. The highest BCUT2D eigenvalue weighted by atomic mass is 79.9. The molecule has 4 heteroatoms. The Hall–Kier alpha value is -0.580. The fourth-order valence-corrected chi connectivity index (χ4v) is 2.81. The van der Waals surface area contributed by atoms with E-state index in [1.807, 2.05) is 0 Å². The van der Waals surface area contributed by atoms with E-state index in [9.17, 15) is 0 Å². The Bertz CT molecular complexity index is 379. The van der Waals surface area contributed by atoms with Crippen LogP contribution in [0.4, 0.5) is 5.69 Å². The van der Waals surface area contributed by atoms with E-state index in [1.54, 1.807) is 0 Å². The van der Waals surface area contributed by atoms with Crippen LogP contribution in [0.2, 0.25) is 0 Å². The number of halogens is 1. The van der Waals surface area contributed by atoms with Crippen molar-refractivity contribution in [1.29, 1.82) is 0 Å². The molecule has 2 rings (SSSR count). The number of fused-ring (bicyclic) bond motifs is 1. The van der Waals surface area contributed by atoms with Crippen LogP contribution in [0, 0.1) is 0 Å². The first-order valence-electron chi connectivity index (χ1n) is 6.06. The second-order valence-corrected chi connectivity index (χ2v) is 5.57. The van der Waals surface area contributed by atoms with E-state index < -0.39 is 0 Å². The molecule has 1 aliphatic rings. The average Bonchev–Trinajstić information content (AvgIpc) is 2.49. The van der Waals surface area contributed by atoms with Gasteiger partial charge in [0.15, 0.2) is 0 Å². The fourth-order valence-electron chi connectivity index (χ4n) is 2.15. The van der Waals surface area contributed by atoms with Crippen LogP contribution in [0.15, 0.2) is 22.7 Å². The summed E-state index contributed by atoms with van der Waals surface area (Å²) < 4.78 is 1.21. The first-order valence-corrected chi connectivity index (χ1v) is 6.85. The zero-order valence-corrected chi connectivity index (χ0v) is 12.1. The molecule has 1 heterocycles. The molecule has 17 heavy (non-hydrogen) atoms. The summed E-state index contributed by atoms with van der Waals surface area (Å²) in [7, 11) is 4.24. The summed E-state index contributed by atoms with van der Waals surface area (Å²) in [6.45, 7) is 5.25. The van der Waals surface area contributed by atoms with Crippen LogP contribution in [0.3, 0.4) is 0 Å². The average molecular weight is 298 g/mol. The Labute approximate surface area is 112 Å². The second-order valence-electron chi connectivity index (χ2n) is 4.71. The molecule has 1 N–H and O–H groups in total. The normalized spacial score (nSPS) is 15.9. The number of hydrogen-bond acceptors (Lipinski definition) is 3. The lowest BCUT2D eigenvalue weighted by atomic mass is 10.1. The SMILES string of the molecule is CN(C)CCN1CCNCc2cccc(Br)c21. The predicted octanol–water partition coefficient (Wildman–Crippen LogP) is 1.92. The first kappa shape index (κ1) is 12.9. The molecule has 0 unspecified atom stereocenters. The van der Waals surface area contributed by atoms with Crippen LogP contribution >= 0.6 is 15.9 Å². The van der Waals surface area contributed by atoms with E-state index in [-0.39, 0.29) is 0 Å². The molecule has 0 aliphatic carbocycles. The number of benzene rings is 1. The summed E-state index contributed by atoms with van der Waals surface area (Å²) in [5.41, 5.74) is 2.75. The van der Waals surface area contributed by atoms with Crippen molar-refractivity contribution in [2.75, 3.05) is 45.2 Å². The van der Waals surface area contributed by atoms with Gasteiger partial charge in [0.05, 0.1) is 5.69 Å². The highest BCUT2D eigenvalue weighted by Gasteiger charge is 2.17. The van der Waals surface area contributed by atoms with Crippen molar-refractivity contribution in [3.05, 3.63) is 28.2 Å². The fraction of sp³-hybridized carbons (Fsp3) is 0.538.